The molecule has 0 atom stereocenters. The Hall–Kier alpha value is -3.22. The summed E-state index contributed by atoms with van der Waals surface area (Å²) in [5.41, 5.74) is 0.641. The largest absolute Gasteiger partial charge is 0.462 e. The molecule has 142 valence electrons. The van der Waals surface area contributed by atoms with Crippen molar-refractivity contribution in [3.63, 3.8) is 0 Å². The summed E-state index contributed by atoms with van der Waals surface area (Å²) in [6.07, 6.45) is 1.68. The molecule has 0 saturated carbocycles. The van der Waals surface area contributed by atoms with Crippen LogP contribution in [-0.2, 0) is 9.47 Å². The van der Waals surface area contributed by atoms with E-state index < -0.39 is 17.8 Å². The van der Waals surface area contributed by atoms with E-state index >= 15 is 0 Å². The van der Waals surface area contributed by atoms with Crippen LogP contribution in [0.5, 0.6) is 0 Å². The molecule has 7 heteroatoms. The summed E-state index contributed by atoms with van der Waals surface area (Å²) in [6.45, 7) is 4.22. The first kappa shape index (κ1) is 20.1. The zero-order valence-corrected chi connectivity index (χ0v) is 15.4. The second-order valence-corrected chi connectivity index (χ2v) is 5.62. The Bertz CT molecular complexity index is 820. The van der Waals surface area contributed by atoms with Crippen LogP contribution in [0.3, 0.4) is 0 Å². The number of pyridine rings is 1. The number of hydrogen-bond acceptors (Lipinski definition) is 6. The number of nitrogens with one attached hydrogen (secondary N) is 1. The van der Waals surface area contributed by atoms with Crippen LogP contribution in [0.4, 0.5) is 5.69 Å². The van der Waals surface area contributed by atoms with Crippen LogP contribution in [0.2, 0.25) is 0 Å². The number of amides is 1. The molecule has 1 heterocycles. The highest BCUT2D eigenvalue weighted by atomic mass is 16.5. The number of nitrogens with zero attached hydrogens (tertiary/aromatic N) is 1. The molecule has 7 nitrogen and oxygen atoms in total. The molecular formula is C20H22N2O5. The van der Waals surface area contributed by atoms with Crippen molar-refractivity contribution in [1.82, 2.24) is 4.98 Å². The Morgan fingerprint density at radius 2 is 1.67 bits per heavy atom. The maximum atomic E-state index is 12.5. The van der Waals surface area contributed by atoms with Gasteiger partial charge in [0.2, 0.25) is 0 Å². The van der Waals surface area contributed by atoms with Crippen LogP contribution in [0.15, 0.2) is 42.5 Å². The molecule has 27 heavy (non-hydrogen) atoms. The van der Waals surface area contributed by atoms with Gasteiger partial charge in [0.1, 0.15) is 11.4 Å². The Morgan fingerprint density at radius 1 is 0.926 bits per heavy atom. The van der Waals surface area contributed by atoms with Gasteiger partial charge in [-0.1, -0.05) is 31.5 Å². The number of ether oxygens (including phenoxy) is 2. The minimum Gasteiger partial charge on any atom is -0.462 e. The fraction of sp³-hybridized carbons (Fsp3) is 0.300. The number of esters is 2. The fourth-order valence-corrected chi connectivity index (χ4v) is 2.22. The molecule has 0 spiro atoms. The third-order valence-electron chi connectivity index (χ3n) is 3.59. The minimum atomic E-state index is -0.605. The highest BCUT2D eigenvalue weighted by Crippen LogP contribution is 2.17. The maximum absolute atomic E-state index is 12.5. The van der Waals surface area contributed by atoms with Crippen molar-refractivity contribution < 1.29 is 23.9 Å². The van der Waals surface area contributed by atoms with Crippen molar-refractivity contribution in [1.29, 1.82) is 0 Å². The molecule has 0 aliphatic rings. The van der Waals surface area contributed by atoms with Gasteiger partial charge < -0.3 is 14.8 Å². The van der Waals surface area contributed by atoms with Crippen LogP contribution >= 0.6 is 0 Å². The summed E-state index contributed by atoms with van der Waals surface area (Å²) in [4.78, 5) is 40.5. The van der Waals surface area contributed by atoms with Gasteiger partial charge in [-0.15, -0.1) is 0 Å². The number of unbranched alkanes of at least 4 members (excludes halogenated alkanes) is 1. The zero-order valence-electron chi connectivity index (χ0n) is 15.4. The van der Waals surface area contributed by atoms with Crippen molar-refractivity contribution in [3.8, 4) is 0 Å². The number of anilines is 1. The average Bonchev–Trinajstić information content (AvgIpc) is 2.68. The number of benzene rings is 1. The van der Waals surface area contributed by atoms with E-state index in [1.54, 1.807) is 37.3 Å². The molecule has 0 bridgehead atoms. The first-order valence-electron chi connectivity index (χ1n) is 8.78. The lowest BCUT2D eigenvalue weighted by Gasteiger charge is -2.11. The van der Waals surface area contributed by atoms with Crippen molar-refractivity contribution in [2.75, 3.05) is 18.5 Å². The topological polar surface area (TPSA) is 94.6 Å². The van der Waals surface area contributed by atoms with E-state index in [9.17, 15) is 14.4 Å². The number of carbonyl (C=O) groups excluding carboxylic acids is 3. The van der Waals surface area contributed by atoms with Crippen LogP contribution in [-0.4, -0.2) is 36.0 Å². The van der Waals surface area contributed by atoms with Gasteiger partial charge in [-0.2, -0.15) is 0 Å². The van der Waals surface area contributed by atoms with Crippen molar-refractivity contribution >= 4 is 23.5 Å². The van der Waals surface area contributed by atoms with Crippen LogP contribution in [0.25, 0.3) is 0 Å². The van der Waals surface area contributed by atoms with Crippen LogP contribution in [0.1, 0.15) is 58.0 Å². The number of carbonyl (C=O) groups is 3. The first-order valence-corrected chi connectivity index (χ1v) is 8.78. The molecule has 1 amide bonds. The minimum absolute atomic E-state index is 0.0368. The van der Waals surface area contributed by atoms with Gasteiger partial charge in [-0.3, -0.25) is 4.79 Å². The lowest BCUT2D eigenvalue weighted by Crippen LogP contribution is -2.18. The lowest BCUT2D eigenvalue weighted by molar-refractivity contribution is 0.0497. The molecule has 0 unspecified atom stereocenters. The summed E-state index contributed by atoms with van der Waals surface area (Å²) < 4.78 is 10.1. The average molecular weight is 370 g/mol. The summed E-state index contributed by atoms with van der Waals surface area (Å²) >= 11 is 0. The van der Waals surface area contributed by atoms with Gasteiger partial charge in [0.15, 0.2) is 0 Å². The van der Waals surface area contributed by atoms with E-state index in [4.69, 9.17) is 9.47 Å². The second kappa shape index (κ2) is 10.1. The Labute approximate surface area is 157 Å². The van der Waals surface area contributed by atoms with Crippen molar-refractivity contribution in [2.24, 2.45) is 0 Å². The zero-order chi connectivity index (χ0) is 19.6. The molecule has 1 N–H and O–H groups in total. The molecule has 0 fully saturated rings. The number of hydrogen-bond donors (Lipinski definition) is 1. The molecule has 0 radical (unpaired) electrons. The van der Waals surface area contributed by atoms with E-state index in [1.807, 2.05) is 6.92 Å². The van der Waals surface area contributed by atoms with E-state index in [2.05, 4.69) is 10.3 Å². The lowest BCUT2D eigenvalue weighted by atomic mass is 10.1. The van der Waals surface area contributed by atoms with Crippen LogP contribution in [0, 0.1) is 0 Å². The van der Waals surface area contributed by atoms with E-state index in [0.29, 0.717) is 12.3 Å². The molecule has 0 aliphatic carbocycles. The van der Waals surface area contributed by atoms with Gasteiger partial charge in [0.05, 0.1) is 24.5 Å². The highest BCUT2D eigenvalue weighted by molar-refractivity contribution is 6.07. The summed E-state index contributed by atoms with van der Waals surface area (Å²) in [5.74, 6) is -1.66. The maximum Gasteiger partial charge on any atom is 0.356 e. The summed E-state index contributed by atoms with van der Waals surface area (Å²) in [7, 11) is 0. The number of para-hydroxylation sites is 1. The molecule has 0 saturated heterocycles. The molecule has 0 aliphatic heterocycles. The highest BCUT2D eigenvalue weighted by Gasteiger charge is 2.17. The molecule has 1 aromatic carbocycles. The van der Waals surface area contributed by atoms with E-state index in [0.717, 1.165) is 12.8 Å². The SMILES string of the molecule is CCCCOC(=O)c1ccccc1NC(=O)c1cccc(C(=O)OCC)n1. The summed E-state index contributed by atoms with van der Waals surface area (Å²) in [5, 5.41) is 2.64. The van der Waals surface area contributed by atoms with E-state index in [-0.39, 0.29) is 23.6 Å². The third-order valence-corrected chi connectivity index (χ3v) is 3.59. The standard InChI is InChI=1S/C20H22N2O5/c1-3-5-13-27-19(24)14-9-6-7-10-15(14)22-18(23)16-11-8-12-17(21-16)20(25)26-4-2/h6-12H,3-5,13H2,1-2H3,(H,22,23). The third kappa shape index (κ3) is 5.64. The monoisotopic (exact) mass is 370 g/mol. The molecule has 1 aromatic heterocycles. The van der Waals surface area contributed by atoms with Gasteiger partial charge in [-0.05, 0) is 37.6 Å². The summed E-state index contributed by atoms with van der Waals surface area (Å²) in [6, 6.07) is 11.0. The number of aromatic nitrogens is 1. The van der Waals surface area contributed by atoms with Gasteiger partial charge >= 0.3 is 11.9 Å². The number of rotatable bonds is 8. The predicted octanol–water partition coefficient (Wildman–Crippen LogP) is 3.47. The Balaban J connectivity index is 2.15. The fourth-order valence-electron chi connectivity index (χ4n) is 2.22. The van der Waals surface area contributed by atoms with Crippen LogP contribution < -0.4 is 5.32 Å². The Morgan fingerprint density at radius 3 is 2.41 bits per heavy atom. The van der Waals surface area contributed by atoms with Gasteiger partial charge in [0.25, 0.3) is 5.91 Å². The molecule has 2 rings (SSSR count). The van der Waals surface area contributed by atoms with Gasteiger partial charge in [0, 0.05) is 0 Å². The predicted molar refractivity (Wildman–Crippen MR) is 99.8 cm³/mol. The van der Waals surface area contributed by atoms with Crippen molar-refractivity contribution in [2.45, 2.75) is 26.7 Å². The van der Waals surface area contributed by atoms with Crippen molar-refractivity contribution in [3.05, 3.63) is 59.4 Å². The molecule has 2 aromatic rings. The van der Waals surface area contributed by atoms with Gasteiger partial charge in [-0.25, -0.2) is 14.6 Å². The molecular weight excluding hydrogens is 348 g/mol. The normalized spacial score (nSPS) is 10.1. The van der Waals surface area contributed by atoms with E-state index in [1.165, 1.54) is 12.1 Å². The second-order valence-electron chi connectivity index (χ2n) is 5.62. The first-order chi connectivity index (χ1) is 13.1. The Kier molecular flexibility index (Phi) is 7.49. The quantitative estimate of drug-likeness (QED) is 0.565. The smallest absolute Gasteiger partial charge is 0.356 e.